The Hall–Kier alpha value is -3.07. The lowest BCUT2D eigenvalue weighted by Crippen LogP contribution is -2.34. The van der Waals surface area contributed by atoms with Crippen LogP contribution in [0.15, 0.2) is 47.4 Å². The zero-order chi connectivity index (χ0) is 18.6. The van der Waals surface area contributed by atoms with Crippen LogP contribution in [0, 0.1) is 6.92 Å². The van der Waals surface area contributed by atoms with Crippen molar-refractivity contribution in [3.63, 3.8) is 0 Å². The number of aromatic hydroxyl groups is 1. The molecule has 0 saturated heterocycles. The maximum atomic E-state index is 12.2. The topological polar surface area (TPSA) is 125 Å². The van der Waals surface area contributed by atoms with Gasteiger partial charge in [-0.15, -0.1) is 0 Å². The summed E-state index contributed by atoms with van der Waals surface area (Å²) in [5, 5.41) is 14.5. The zero-order valence-corrected chi connectivity index (χ0v) is 14.3. The second-order valence-corrected chi connectivity index (χ2v) is 6.97. The van der Waals surface area contributed by atoms with Crippen LogP contribution >= 0.6 is 0 Å². The van der Waals surface area contributed by atoms with Crippen LogP contribution in [0.4, 0.5) is 16.2 Å². The molecule has 0 radical (unpaired) electrons. The highest BCUT2D eigenvalue weighted by molar-refractivity contribution is 7.90. The first-order valence-corrected chi connectivity index (χ1v) is 8.67. The smallest absolute Gasteiger partial charge is 0.333 e. The summed E-state index contributed by atoms with van der Waals surface area (Å²) in [4.78, 5) is 22.9. The Kier molecular flexibility index (Phi) is 5.28. The molecule has 0 aliphatic heterocycles. The second-order valence-electron chi connectivity index (χ2n) is 5.29. The van der Waals surface area contributed by atoms with Gasteiger partial charge in [-0.25, -0.2) is 17.9 Å². The number of phenols is 1. The van der Waals surface area contributed by atoms with Gasteiger partial charge < -0.3 is 15.7 Å². The first-order chi connectivity index (χ1) is 11.7. The summed E-state index contributed by atoms with van der Waals surface area (Å²) < 4.78 is 26.2. The number of nitrogens with one attached hydrogen (secondary N) is 3. The van der Waals surface area contributed by atoms with Gasteiger partial charge in [0.1, 0.15) is 5.75 Å². The molecule has 0 aromatic heterocycles. The number of urea groups is 1. The molecule has 4 N–H and O–H groups in total. The number of phenolic OH excluding ortho intramolecular Hbond substituents is 1. The van der Waals surface area contributed by atoms with Gasteiger partial charge in [-0.3, -0.25) is 4.79 Å². The molecule has 0 saturated carbocycles. The molecule has 9 heteroatoms. The largest absolute Gasteiger partial charge is 0.506 e. The molecule has 2 aromatic carbocycles. The van der Waals surface area contributed by atoms with Crippen molar-refractivity contribution in [1.29, 1.82) is 0 Å². The van der Waals surface area contributed by atoms with E-state index in [-0.39, 0.29) is 22.2 Å². The molecule has 0 unspecified atom stereocenters. The van der Waals surface area contributed by atoms with Gasteiger partial charge in [0.2, 0.25) is 5.91 Å². The van der Waals surface area contributed by atoms with Crippen molar-refractivity contribution in [3.05, 3.63) is 48.0 Å². The molecule has 0 atom stereocenters. The number of amides is 3. The lowest BCUT2D eigenvalue weighted by Gasteiger charge is -2.11. The van der Waals surface area contributed by atoms with Gasteiger partial charge in [-0.1, -0.05) is 17.7 Å². The summed E-state index contributed by atoms with van der Waals surface area (Å²) in [5.41, 5.74) is 1.16. The Morgan fingerprint density at radius 2 is 1.64 bits per heavy atom. The van der Waals surface area contributed by atoms with Gasteiger partial charge in [0, 0.05) is 12.6 Å². The van der Waals surface area contributed by atoms with Gasteiger partial charge in [0.25, 0.3) is 10.0 Å². The van der Waals surface area contributed by atoms with Crippen LogP contribution in [-0.2, 0) is 14.8 Å². The molecular weight excluding hydrogens is 346 g/mol. The predicted octanol–water partition coefficient (Wildman–Crippen LogP) is 2.17. The number of hydrogen-bond acceptors (Lipinski definition) is 5. The van der Waals surface area contributed by atoms with E-state index < -0.39 is 16.1 Å². The van der Waals surface area contributed by atoms with Crippen molar-refractivity contribution in [2.75, 3.05) is 10.6 Å². The van der Waals surface area contributed by atoms with Crippen molar-refractivity contribution in [2.45, 2.75) is 18.7 Å². The monoisotopic (exact) mass is 363 g/mol. The molecule has 0 aliphatic rings. The third-order valence-electron chi connectivity index (χ3n) is 3.12. The predicted molar refractivity (Wildman–Crippen MR) is 92.9 cm³/mol. The highest BCUT2D eigenvalue weighted by Crippen LogP contribution is 2.26. The van der Waals surface area contributed by atoms with Crippen LogP contribution in [0.1, 0.15) is 12.5 Å². The summed E-state index contributed by atoms with van der Waals surface area (Å²) in [6.45, 7) is 3.11. The Bertz CT molecular complexity index is 908. The maximum absolute atomic E-state index is 12.2. The summed E-state index contributed by atoms with van der Waals surface area (Å²) in [5.74, 6) is -0.611. The third kappa shape index (κ3) is 4.95. The van der Waals surface area contributed by atoms with Crippen LogP contribution in [0.25, 0.3) is 0 Å². The molecule has 0 heterocycles. The fourth-order valence-corrected chi connectivity index (χ4v) is 2.87. The van der Waals surface area contributed by atoms with E-state index in [0.717, 1.165) is 5.56 Å². The number of aryl methyl sites for hydroxylation is 1. The van der Waals surface area contributed by atoms with Crippen LogP contribution < -0.4 is 15.4 Å². The second kappa shape index (κ2) is 7.22. The van der Waals surface area contributed by atoms with Crippen molar-refractivity contribution in [1.82, 2.24) is 4.72 Å². The first kappa shape index (κ1) is 18.3. The van der Waals surface area contributed by atoms with E-state index in [1.54, 1.807) is 19.1 Å². The lowest BCUT2D eigenvalue weighted by atomic mass is 10.2. The number of benzene rings is 2. The fourth-order valence-electron chi connectivity index (χ4n) is 1.96. The maximum Gasteiger partial charge on any atom is 0.333 e. The minimum Gasteiger partial charge on any atom is -0.506 e. The molecule has 3 amide bonds. The molecule has 2 aromatic rings. The van der Waals surface area contributed by atoms with Crippen LogP contribution in [0.3, 0.4) is 0 Å². The molecule has 0 spiro atoms. The molecule has 25 heavy (non-hydrogen) atoms. The third-order valence-corrected chi connectivity index (χ3v) is 4.47. The van der Waals surface area contributed by atoms with Gasteiger partial charge >= 0.3 is 6.03 Å². The van der Waals surface area contributed by atoms with E-state index in [0.29, 0.717) is 5.69 Å². The quantitative estimate of drug-likeness (QED) is 0.489. The minimum absolute atomic E-state index is 0.0529. The Morgan fingerprint density at radius 3 is 2.24 bits per heavy atom. The molecule has 0 bridgehead atoms. The van der Waals surface area contributed by atoms with Gasteiger partial charge in [0.05, 0.1) is 10.6 Å². The SMILES string of the molecule is CC(=O)Nc1ccc(O)c(NC(=O)NS(=O)(=O)c2ccc(C)cc2)c1. The summed E-state index contributed by atoms with van der Waals surface area (Å²) in [6.07, 6.45) is 0. The zero-order valence-electron chi connectivity index (χ0n) is 13.5. The summed E-state index contributed by atoms with van der Waals surface area (Å²) >= 11 is 0. The minimum atomic E-state index is -4.05. The lowest BCUT2D eigenvalue weighted by molar-refractivity contribution is -0.114. The van der Waals surface area contributed by atoms with Crippen molar-refractivity contribution >= 4 is 33.3 Å². The number of rotatable bonds is 4. The number of hydrogen-bond donors (Lipinski definition) is 4. The van der Waals surface area contributed by atoms with Crippen molar-refractivity contribution < 1.29 is 23.1 Å². The van der Waals surface area contributed by atoms with E-state index in [1.807, 2.05) is 4.72 Å². The van der Waals surface area contributed by atoms with Gasteiger partial charge in [-0.05, 0) is 37.3 Å². The summed E-state index contributed by atoms with van der Waals surface area (Å²) in [7, 11) is -4.05. The average Bonchev–Trinajstić information content (AvgIpc) is 2.50. The number of carbonyl (C=O) groups excluding carboxylic acids is 2. The fraction of sp³-hybridized carbons (Fsp3) is 0.125. The number of sulfonamides is 1. The molecular formula is C16H17N3O5S. The average molecular weight is 363 g/mol. The van der Waals surface area contributed by atoms with Crippen molar-refractivity contribution in [2.24, 2.45) is 0 Å². The Balaban J connectivity index is 2.14. The normalized spacial score (nSPS) is 10.8. The van der Waals surface area contributed by atoms with Crippen LogP contribution in [0.5, 0.6) is 5.75 Å². The number of carbonyl (C=O) groups is 2. The van der Waals surface area contributed by atoms with Crippen LogP contribution in [0.2, 0.25) is 0 Å². The van der Waals surface area contributed by atoms with E-state index in [9.17, 15) is 23.1 Å². The highest BCUT2D eigenvalue weighted by Gasteiger charge is 2.18. The van der Waals surface area contributed by atoms with E-state index in [1.165, 1.54) is 37.3 Å². The van der Waals surface area contributed by atoms with Crippen LogP contribution in [-0.4, -0.2) is 25.5 Å². The molecule has 132 valence electrons. The van der Waals surface area contributed by atoms with E-state index in [2.05, 4.69) is 10.6 Å². The molecule has 2 rings (SSSR count). The highest BCUT2D eigenvalue weighted by atomic mass is 32.2. The van der Waals surface area contributed by atoms with E-state index in [4.69, 9.17) is 0 Å². The Morgan fingerprint density at radius 1 is 1.00 bits per heavy atom. The molecule has 0 fully saturated rings. The molecule has 8 nitrogen and oxygen atoms in total. The van der Waals surface area contributed by atoms with E-state index >= 15 is 0 Å². The van der Waals surface area contributed by atoms with Gasteiger partial charge in [-0.2, -0.15) is 0 Å². The first-order valence-electron chi connectivity index (χ1n) is 7.18. The standard InChI is InChI=1S/C16H17N3O5S/c1-10-3-6-13(7-4-10)25(23,24)19-16(22)18-14-9-12(17-11(2)20)5-8-15(14)21/h3-9,21H,1-2H3,(H,17,20)(H2,18,19,22). The molecule has 0 aliphatic carbocycles. The number of anilines is 2. The van der Waals surface area contributed by atoms with Gasteiger partial charge in [0.15, 0.2) is 0 Å². The van der Waals surface area contributed by atoms with Crippen molar-refractivity contribution in [3.8, 4) is 5.75 Å². The summed E-state index contributed by atoms with van der Waals surface area (Å²) in [6, 6.07) is 8.91. The Labute approximate surface area is 144 Å².